The van der Waals surface area contributed by atoms with E-state index in [0.29, 0.717) is 44.6 Å². The van der Waals surface area contributed by atoms with Gasteiger partial charge in [-0.2, -0.15) is 0 Å². The summed E-state index contributed by atoms with van der Waals surface area (Å²) in [5.41, 5.74) is -0.410. The molecule has 0 saturated carbocycles. The highest BCUT2D eigenvalue weighted by atomic mass is 19.1. The number of nitrogens with zero attached hydrogens (tertiary/aromatic N) is 3. The standard InChI is InChI=1S/C21H30F2N4O2/c1-15-10-16(2)12-27(11-15)20(29)14-26-8-6-25(7-9-26)13-19(28)24-21-17(22)4-3-5-18(21)23/h3-5,15-16H,6-14H2,1-2H3,(H,24,28)/t15-,16-/m1/s1. The number of rotatable bonds is 5. The van der Waals surface area contributed by atoms with Gasteiger partial charge in [-0.25, -0.2) is 8.78 Å². The average Bonchev–Trinajstić information content (AvgIpc) is 2.65. The van der Waals surface area contributed by atoms with Crippen molar-refractivity contribution in [2.45, 2.75) is 20.3 Å². The van der Waals surface area contributed by atoms with Crippen LogP contribution in [0.1, 0.15) is 20.3 Å². The third-order valence-electron chi connectivity index (χ3n) is 5.64. The van der Waals surface area contributed by atoms with E-state index in [1.54, 1.807) is 0 Å². The van der Waals surface area contributed by atoms with Gasteiger partial charge in [0, 0.05) is 39.3 Å². The Labute approximate surface area is 170 Å². The summed E-state index contributed by atoms with van der Waals surface area (Å²) < 4.78 is 27.3. The number of amides is 2. The van der Waals surface area contributed by atoms with Gasteiger partial charge < -0.3 is 10.2 Å². The Hall–Kier alpha value is -2.06. The quantitative estimate of drug-likeness (QED) is 0.810. The van der Waals surface area contributed by atoms with Crippen molar-refractivity contribution in [2.24, 2.45) is 11.8 Å². The van der Waals surface area contributed by atoms with Gasteiger partial charge in [0.15, 0.2) is 0 Å². The zero-order valence-corrected chi connectivity index (χ0v) is 17.2. The molecule has 2 aliphatic rings. The molecule has 2 atom stereocenters. The Kier molecular flexibility index (Phi) is 7.18. The molecule has 8 heteroatoms. The number of carbonyl (C=O) groups excluding carboxylic acids is 2. The lowest BCUT2D eigenvalue weighted by molar-refractivity contribution is -0.135. The molecule has 0 radical (unpaired) electrons. The Morgan fingerprint density at radius 2 is 1.48 bits per heavy atom. The number of benzene rings is 1. The van der Waals surface area contributed by atoms with Gasteiger partial charge in [0.25, 0.3) is 0 Å². The van der Waals surface area contributed by atoms with Gasteiger partial charge in [0.1, 0.15) is 17.3 Å². The van der Waals surface area contributed by atoms with E-state index >= 15 is 0 Å². The van der Waals surface area contributed by atoms with Crippen molar-refractivity contribution < 1.29 is 18.4 Å². The predicted octanol–water partition coefficient (Wildman–Crippen LogP) is 2.03. The van der Waals surface area contributed by atoms with Crippen LogP contribution in [0, 0.1) is 23.5 Å². The zero-order valence-electron chi connectivity index (χ0n) is 17.2. The molecule has 2 heterocycles. The zero-order chi connectivity index (χ0) is 21.0. The smallest absolute Gasteiger partial charge is 0.238 e. The van der Waals surface area contributed by atoms with Crippen molar-refractivity contribution in [1.29, 1.82) is 0 Å². The van der Waals surface area contributed by atoms with E-state index in [0.717, 1.165) is 25.2 Å². The molecule has 2 amide bonds. The van der Waals surface area contributed by atoms with Crippen LogP contribution in [-0.4, -0.2) is 78.9 Å². The highest BCUT2D eigenvalue weighted by Gasteiger charge is 2.28. The Balaban J connectivity index is 1.42. The first kappa shape index (κ1) is 21.6. The lowest BCUT2D eigenvalue weighted by Crippen LogP contribution is -2.52. The number of likely N-dealkylation sites (tertiary alicyclic amines) is 1. The summed E-state index contributed by atoms with van der Waals surface area (Å²) >= 11 is 0. The molecule has 3 rings (SSSR count). The van der Waals surface area contributed by atoms with Crippen molar-refractivity contribution in [3.8, 4) is 0 Å². The first-order valence-corrected chi connectivity index (χ1v) is 10.3. The third kappa shape index (κ3) is 5.96. The molecule has 0 unspecified atom stereocenters. The van der Waals surface area contributed by atoms with Crippen LogP contribution < -0.4 is 5.32 Å². The van der Waals surface area contributed by atoms with Crippen LogP contribution in [-0.2, 0) is 9.59 Å². The van der Waals surface area contributed by atoms with Crippen LogP contribution in [0.15, 0.2) is 18.2 Å². The van der Waals surface area contributed by atoms with Crippen molar-refractivity contribution in [2.75, 3.05) is 57.7 Å². The first-order chi connectivity index (χ1) is 13.8. The molecule has 0 bridgehead atoms. The van der Waals surface area contributed by atoms with Gasteiger partial charge in [0.2, 0.25) is 11.8 Å². The maximum atomic E-state index is 13.7. The molecule has 0 aliphatic carbocycles. The summed E-state index contributed by atoms with van der Waals surface area (Å²) in [6.45, 7) is 9.14. The SMILES string of the molecule is C[C@@H]1C[C@@H](C)CN(C(=O)CN2CCN(CC(=O)Nc3c(F)cccc3F)CC2)C1. The lowest BCUT2D eigenvalue weighted by Gasteiger charge is -2.38. The van der Waals surface area contributed by atoms with E-state index in [1.165, 1.54) is 12.5 Å². The van der Waals surface area contributed by atoms with Gasteiger partial charge in [-0.05, 0) is 30.4 Å². The number of piperazine rings is 1. The highest BCUT2D eigenvalue weighted by molar-refractivity contribution is 5.92. The molecule has 0 aromatic heterocycles. The van der Waals surface area contributed by atoms with Crippen LogP contribution >= 0.6 is 0 Å². The van der Waals surface area contributed by atoms with Crippen LogP contribution in [0.5, 0.6) is 0 Å². The Bertz CT molecular complexity index is 707. The Morgan fingerprint density at radius 1 is 0.966 bits per heavy atom. The van der Waals surface area contributed by atoms with E-state index in [1.807, 2.05) is 9.80 Å². The number of para-hydroxylation sites is 1. The molecule has 6 nitrogen and oxygen atoms in total. The topological polar surface area (TPSA) is 55.9 Å². The van der Waals surface area contributed by atoms with Crippen LogP contribution in [0.4, 0.5) is 14.5 Å². The maximum Gasteiger partial charge on any atom is 0.238 e. The second-order valence-corrected chi connectivity index (χ2v) is 8.44. The molecule has 2 aliphatic heterocycles. The summed E-state index contributed by atoms with van der Waals surface area (Å²) in [7, 11) is 0. The molecule has 0 spiro atoms. The highest BCUT2D eigenvalue weighted by Crippen LogP contribution is 2.21. The molecule has 2 fully saturated rings. The molecular weight excluding hydrogens is 378 g/mol. The second-order valence-electron chi connectivity index (χ2n) is 8.44. The van der Waals surface area contributed by atoms with Crippen molar-refractivity contribution in [1.82, 2.24) is 14.7 Å². The molecule has 1 aromatic carbocycles. The number of halogens is 2. The fraction of sp³-hybridized carbons (Fsp3) is 0.619. The fourth-order valence-electron chi connectivity index (χ4n) is 4.26. The van der Waals surface area contributed by atoms with E-state index in [2.05, 4.69) is 24.1 Å². The number of carbonyl (C=O) groups is 2. The molecule has 1 aromatic rings. The number of anilines is 1. The average molecular weight is 408 g/mol. The van der Waals surface area contributed by atoms with E-state index < -0.39 is 23.2 Å². The van der Waals surface area contributed by atoms with Crippen molar-refractivity contribution >= 4 is 17.5 Å². The predicted molar refractivity (Wildman–Crippen MR) is 107 cm³/mol. The number of piperidine rings is 1. The largest absolute Gasteiger partial charge is 0.341 e. The molecular formula is C21H30F2N4O2. The van der Waals surface area contributed by atoms with E-state index in [4.69, 9.17) is 0 Å². The van der Waals surface area contributed by atoms with E-state index in [9.17, 15) is 18.4 Å². The molecule has 29 heavy (non-hydrogen) atoms. The normalized spacial score (nSPS) is 23.8. The summed E-state index contributed by atoms with van der Waals surface area (Å²) in [6, 6.07) is 3.47. The monoisotopic (exact) mass is 408 g/mol. The van der Waals surface area contributed by atoms with Gasteiger partial charge in [0.05, 0.1) is 13.1 Å². The molecule has 160 valence electrons. The number of hydrogen-bond donors (Lipinski definition) is 1. The fourth-order valence-corrected chi connectivity index (χ4v) is 4.26. The van der Waals surface area contributed by atoms with E-state index in [-0.39, 0.29) is 12.5 Å². The van der Waals surface area contributed by atoms with Crippen LogP contribution in [0.3, 0.4) is 0 Å². The minimum absolute atomic E-state index is 0.0662. The first-order valence-electron chi connectivity index (χ1n) is 10.3. The third-order valence-corrected chi connectivity index (χ3v) is 5.64. The summed E-state index contributed by atoms with van der Waals surface area (Å²) in [4.78, 5) is 30.8. The van der Waals surface area contributed by atoms with Crippen LogP contribution in [0.25, 0.3) is 0 Å². The minimum atomic E-state index is -0.789. The van der Waals surface area contributed by atoms with Gasteiger partial charge in [-0.15, -0.1) is 0 Å². The summed E-state index contributed by atoms with van der Waals surface area (Å²) in [5.74, 6) is -0.778. The summed E-state index contributed by atoms with van der Waals surface area (Å²) in [6.07, 6.45) is 1.17. The van der Waals surface area contributed by atoms with Crippen LogP contribution in [0.2, 0.25) is 0 Å². The van der Waals surface area contributed by atoms with Gasteiger partial charge in [-0.3, -0.25) is 19.4 Å². The lowest BCUT2D eigenvalue weighted by atomic mass is 9.92. The summed E-state index contributed by atoms with van der Waals surface area (Å²) in [5, 5.41) is 2.32. The van der Waals surface area contributed by atoms with Crippen molar-refractivity contribution in [3.05, 3.63) is 29.8 Å². The number of hydrogen-bond acceptors (Lipinski definition) is 4. The minimum Gasteiger partial charge on any atom is -0.341 e. The molecule has 1 N–H and O–H groups in total. The van der Waals surface area contributed by atoms with Gasteiger partial charge in [-0.1, -0.05) is 19.9 Å². The second kappa shape index (κ2) is 9.63. The molecule has 2 saturated heterocycles. The van der Waals surface area contributed by atoms with Crippen molar-refractivity contribution in [3.63, 3.8) is 0 Å². The Morgan fingerprint density at radius 3 is 2.03 bits per heavy atom. The maximum absolute atomic E-state index is 13.7. The van der Waals surface area contributed by atoms with Gasteiger partial charge >= 0.3 is 0 Å². The number of nitrogens with one attached hydrogen (secondary N) is 1.